The Morgan fingerprint density at radius 1 is 1.53 bits per heavy atom. The van der Waals surface area contributed by atoms with E-state index in [0.29, 0.717) is 12.2 Å². The second-order valence-electron chi connectivity index (χ2n) is 3.34. The van der Waals surface area contributed by atoms with E-state index >= 15 is 0 Å². The third kappa shape index (κ3) is 2.83. The van der Waals surface area contributed by atoms with Crippen molar-refractivity contribution in [3.8, 4) is 0 Å². The topological polar surface area (TPSA) is 73.8 Å². The van der Waals surface area contributed by atoms with E-state index in [-0.39, 0.29) is 10.8 Å². The van der Waals surface area contributed by atoms with E-state index < -0.39 is 0 Å². The third-order valence-electron chi connectivity index (χ3n) is 2.16. The van der Waals surface area contributed by atoms with Crippen LogP contribution in [0.1, 0.15) is 6.42 Å². The Balaban J connectivity index is 2.35. The molecule has 0 atom stereocenters. The van der Waals surface area contributed by atoms with Gasteiger partial charge in [-0.15, -0.1) is 0 Å². The van der Waals surface area contributed by atoms with Gasteiger partial charge >= 0.3 is 4.87 Å². The smallest absolute Gasteiger partial charge is 0.309 e. The van der Waals surface area contributed by atoms with E-state index in [1.54, 1.807) is 10.8 Å². The van der Waals surface area contributed by atoms with Crippen molar-refractivity contribution >= 4 is 50.2 Å². The number of thiazole rings is 1. The first-order valence-electron chi connectivity index (χ1n) is 5.05. The first-order valence-corrected chi connectivity index (χ1v) is 7.39. The number of nitrogen functional groups attached to an aromatic ring is 1. The molecule has 0 aromatic carbocycles. The van der Waals surface area contributed by atoms with Crippen LogP contribution in [0.4, 0.5) is 5.95 Å². The van der Waals surface area contributed by atoms with Crippen LogP contribution < -0.4 is 10.6 Å². The molecule has 7 heteroatoms. The zero-order valence-electron chi connectivity index (χ0n) is 8.97. The zero-order valence-corrected chi connectivity index (χ0v) is 11.9. The molecule has 0 aliphatic rings. The average Bonchev–Trinajstić information content (AvgIpc) is 2.61. The summed E-state index contributed by atoms with van der Waals surface area (Å²) in [6.07, 6.45) is 6.64. The Bertz CT molecular complexity index is 604. The molecule has 0 radical (unpaired) electrons. The molecular weight excluding hydrogens is 351 g/mol. The van der Waals surface area contributed by atoms with Crippen molar-refractivity contribution in [2.75, 3.05) is 10.2 Å². The summed E-state index contributed by atoms with van der Waals surface area (Å²) in [6, 6.07) is 0. The van der Waals surface area contributed by atoms with Crippen LogP contribution in [0.25, 0.3) is 10.3 Å². The van der Waals surface area contributed by atoms with Gasteiger partial charge in [0.1, 0.15) is 0 Å². The van der Waals surface area contributed by atoms with Gasteiger partial charge in [-0.1, -0.05) is 46.1 Å². The first-order chi connectivity index (χ1) is 8.22. The molecule has 0 amide bonds. The molecule has 17 heavy (non-hydrogen) atoms. The second-order valence-corrected chi connectivity index (χ2v) is 5.42. The Labute approximate surface area is 116 Å². The minimum atomic E-state index is -0.0287. The molecule has 2 rings (SSSR count). The van der Waals surface area contributed by atoms with Gasteiger partial charge in [-0.2, -0.15) is 4.98 Å². The number of hydrogen-bond acceptors (Lipinski definition) is 5. The number of nitrogens with two attached hydrogens (primary N) is 1. The van der Waals surface area contributed by atoms with Crippen LogP contribution in [0.5, 0.6) is 0 Å². The van der Waals surface area contributed by atoms with Crippen LogP contribution in [-0.4, -0.2) is 19.0 Å². The lowest BCUT2D eigenvalue weighted by atomic mass is 10.4. The fourth-order valence-corrected chi connectivity index (χ4v) is 2.57. The third-order valence-corrected chi connectivity index (χ3v) is 3.68. The number of rotatable bonds is 4. The number of halogens is 1. The lowest BCUT2D eigenvalue weighted by Gasteiger charge is -1.98. The van der Waals surface area contributed by atoms with Crippen LogP contribution in [-0.2, 0) is 6.54 Å². The number of aromatic nitrogens is 3. The molecule has 0 unspecified atom stereocenters. The van der Waals surface area contributed by atoms with Gasteiger partial charge in [-0.05, 0) is 6.42 Å². The van der Waals surface area contributed by atoms with Crippen molar-refractivity contribution in [1.82, 2.24) is 14.5 Å². The molecule has 5 nitrogen and oxygen atoms in total. The molecule has 0 fully saturated rings. The number of anilines is 1. The maximum Gasteiger partial charge on any atom is 0.309 e. The maximum absolute atomic E-state index is 11.8. The lowest BCUT2D eigenvalue weighted by molar-refractivity contribution is 0.823. The Morgan fingerprint density at radius 3 is 3.12 bits per heavy atom. The summed E-state index contributed by atoms with van der Waals surface area (Å²) in [5.74, 6) is 0.195. The van der Waals surface area contributed by atoms with E-state index in [9.17, 15) is 4.79 Å². The van der Waals surface area contributed by atoms with E-state index in [2.05, 4.69) is 38.6 Å². The van der Waals surface area contributed by atoms with E-state index in [0.717, 1.165) is 26.9 Å². The van der Waals surface area contributed by atoms with Crippen molar-refractivity contribution in [2.24, 2.45) is 0 Å². The molecule has 0 spiro atoms. The summed E-state index contributed by atoms with van der Waals surface area (Å²) in [4.78, 5) is 19.7. The van der Waals surface area contributed by atoms with Crippen LogP contribution in [0.15, 0.2) is 23.1 Å². The Kier molecular flexibility index (Phi) is 4.11. The highest BCUT2D eigenvalue weighted by atomic mass is 127. The minimum absolute atomic E-state index is 0.0287. The van der Waals surface area contributed by atoms with Gasteiger partial charge < -0.3 is 5.73 Å². The number of alkyl halides is 1. The molecule has 90 valence electrons. The van der Waals surface area contributed by atoms with E-state index in [1.165, 1.54) is 0 Å². The van der Waals surface area contributed by atoms with Crippen LogP contribution in [0, 0.1) is 0 Å². The highest BCUT2D eigenvalue weighted by Gasteiger charge is 2.08. The number of fused-ring (bicyclic) bond motifs is 1. The molecule has 0 aliphatic carbocycles. The molecule has 2 heterocycles. The van der Waals surface area contributed by atoms with Crippen LogP contribution >= 0.6 is 33.9 Å². The molecule has 2 aromatic heterocycles. The zero-order chi connectivity index (χ0) is 12.3. The molecule has 0 bridgehead atoms. The number of allylic oxidation sites excluding steroid dienone is 2. The monoisotopic (exact) mass is 362 g/mol. The van der Waals surface area contributed by atoms with Gasteiger partial charge in [0.2, 0.25) is 5.95 Å². The van der Waals surface area contributed by atoms with Gasteiger partial charge in [0.05, 0.1) is 10.9 Å². The summed E-state index contributed by atoms with van der Waals surface area (Å²) in [7, 11) is 0. The minimum Gasteiger partial charge on any atom is -0.368 e. The number of nitrogens with zero attached hydrogens (tertiary/aromatic N) is 3. The number of hydrogen-bond donors (Lipinski definition) is 1. The predicted octanol–water partition coefficient (Wildman–Crippen LogP) is 1.82. The highest BCUT2D eigenvalue weighted by molar-refractivity contribution is 14.1. The summed E-state index contributed by atoms with van der Waals surface area (Å²) >= 11 is 3.45. The van der Waals surface area contributed by atoms with Crippen molar-refractivity contribution in [2.45, 2.75) is 13.0 Å². The van der Waals surface area contributed by atoms with Crippen molar-refractivity contribution in [1.29, 1.82) is 0 Å². The van der Waals surface area contributed by atoms with Crippen molar-refractivity contribution < 1.29 is 0 Å². The summed E-state index contributed by atoms with van der Waals surface area (Å²) in [5.41, 5.74) is 6.14. The Hall–Kier alpha value is -0.960. The normalized spacial score (nSPS) is 11.6. The highest BCUT2D eigenvalue weighted by Crippen LogP contribution is 2.14. The quantitative estimate of drug-likeness (QED) is 0.512. The van der Waals surface area contributed by atoms with Gasteiger partial charge in [-0.25, -0.2) is 4.98 Å². The lowest BCUT2D eigenvalue weighted by Crippen LogP contribution is -2.12. The molecule has 0 aliphatic heterocycles. The molecular formula is C10H11IN4OS. The Morgan fingerprint density at radius 2 is 2.35 bits per heavy atom. The molecule has 0 saturated carbocycles. The van der Waals surface area contributed by atoms with Crippen molar-refractivity contribution in [3.63, 3.8) is 0 Å². The molecule has 0 saturated heterocycles. The first kappa shape index (κ1) is 12.5. The fourth-order valence-electron chi connectivity index (χ4n) is 1.40. The summed E-state index contributed by atoms with van der Waals surface area (Å²) < 4.78 is 3.45. The van der Waals surface area contributed by atoms with Gasteiger partial charge in [0.15, 0.2) is 5.65 Å². The van der Waals surface area contributed by atoms with Crippen molar-refractivity contribution in [3.05, 3.63) is 28.0 Å². The van der Waals surface area contributed by atoms with E-state index in [4.69, 9.17) is 5.73 Å². The largest absolute Gasteiger partial charge is 0.368 e. The summed E-state index contributed by atoms with van der Waals surface area (Å²) in [6.45, 7) is 0.534. The second kappa shape index (κ2) is 5.58. The van der Waals surface area contributed by atoms with E-state index in [1.807, 2.05) is 6.08 Å². The average molecular weight is 362 g/mol. The SMILES string of the molecule is Nc1ncc2sc(=O)n(C/C=C\CCI)c2n1. The summed E-state index contributed by atoms with van der Waals surface area (Å²) in [5, 5.41) is 0. The maximum atomic E-state index is 11.8. The van der Waals surface area contributed by atoms with Crippen LogP contribution in [0.3, 0.4) is 0 Å². The van der Waals surface area contributed by atoms with Gasteiger partial charge in [0.25, 0.3) is 0 Å². The molecule has 2 N–H and O–H groups in total. The fraction of sp³-hybridized carbons (Fsp3) is 0.300. The standard InChI is InChI=1S/C10H11IN4OS/c11-4-2-1-3-5-15-8-7(17-10(15)16)6-13-9(12)14-8/h1,3,6H,2,4-5H2,(H2,12,13,14)/b3-1-. The molecule has 2 aromatic rings. The van der Waals surface area contributed by atoms with Crippen LogP contribution in [0.2, 0.25) is 0 Å². The predicted molar refractivity (Wildman–Crippen MR) is 78.7 cm³/mol. The van der Waals surface area contributed by atoms with Gasteiger partial charge in [0, 0.05) is 11.0 Å². The van der Waals surface area contributed by atoms with Gasteiger partial charge in [-0.3, -0.25) is 9.36 Å².